The largest absolute Gasteiger partial charge is 0.372 e. The molecule has 2 aliphatic rings. The zero-order chi connectivity index (χ0) is 20.7. The number of allylic oxidation sites excluding steroid dienone is 1. The molecular weight excluding hydrogens is 399 g/mol. The highest BCUT2D eigenvalue weighted by atomic mass is 35.5. The third kappa shape index (κ3) is 3.48. The van der Waals surface area contributed by atoms with E-state index in [9.17, 15) is 9.18 Å². The van der Waals surface area contributed by atoms with E-state index < -0.39 is 0 Å². The van der Waals surface area contributed by atoms with Gasteiger partial charge in [-0.15, -0.1) is 0 Å². The average Bonchev–Trinajstić information content (AvgIpc) is 2.91. The molecule has 1 aliphatic carbocycles. The summed E-state index contributed by atoms with van der Waals surface area (Å²) in [4.78, 5) is 13.4. The van der Waals surface area contributed by atoms with E-state index in [1.54, 1.807) is 12.1 Å². The lowest BCUT2D eigenvalue weighted by Gasteiger charge is -2.30. The van der Waals surface area contributed by atoms with E-state index in [0.29, 0.717) is 17.9 Å². The first-order valence-corrected chi connectivity index (χ1v) is 10.4. The van der Waals surface area contributed by atoms with Crippen LogP contribution in [0.4, 0.5) is 15.8 Å². The molecule has 0 radical (unpaired) electrons. The number of rotatable bonds is 2. The Kier molecular flexibility index (Phi) is 4.80. The highest BCUT2D eigenvalue weighted by Gasteiger charge is 2.36. The van der Waals surface area contributed by atoms with E-state index in [-0.39, 0.29) is 23.6 Å². The fraction of sp³-hybridized carbons (Fsp3) is 0.160. The van der Waals surface area contributed by atoms with Gasteiger partial charge in [-0.1, -0.05) is 48.0 Å². The number of hydrogen-bond acceptors (Lipinski definition) is 3. The van der Waals surface area contributed by atoms with Gasteiger partial charge in [-0.3, -0.25) is 4.79 Å². The topological polar surface area (TPSA) is 41.1 Å². The monoisotopic (exact) mass is 418 g/mol. The van der Waals surface area contributed by atoms with E-state index in [1.165, 1.54) is 12.1 Å². The van der Waals surface area contributed by atoms with Gasteiger partial charge in [-0.05, 0) is 59.9 Å². The number of Topliss-reactive ketones (excluding diaryl/α,β-unsaturated/α-hetero) is 1. The smallest absolute Gasteiger partial charge is 0.163 e. The number of ketones is 1. The van der Waals surface area contributed by atoms with Crippen molar-refractivity contribution in [2.75, 3.05) is 10.6 Å². The van der Waals surface area contributed by atoms with Crippen molar-refractivity contribution in [2.45, 2.75) is 24.8 Å². The first kappa shape index (κ1) is 18.9. The summed E-state index contributed by atoms with van der Waals surface area (Å²) in [5.41, 5.74) is 5.44. The Hall–Kier alpha value is -3.11. The number of hydrogen-bond donors (Lipinski definition) is 2. The molecule has 30 heavy (non-hydrogen) atoms. The molecule has 0 bridgehead atoms. The van der Waals surface area contributed by atoms with Crippen LogP contribution in [0.25, 0.3) is 0 Å². The molecule has 2 N–H and O–H groups in total. The van der Waals surface area contributed by atoms with Gasteiger partial charge in [0.1, 0.15) is 5.82 Å². The summed E-state index contributed by atoms with van der Waals surface area (Å²) in [6.07, 6.45) is 1.07. The van der Waals surface area contributed by atoms with E-state index in [1.807, 2.05) is 48.5 Å². The van der Waals surface area contributed by atoms with Gasteiger partial charge in [0.15, 0.2) is 5.78 Å². The van der Waals surface area contributed by atoms with Crippen LogP contribution in [0.1, 0.15) is 35.9 Å². The number of para-hydroxylation sites is 2. The first-order chi connectivity index (χ1) is 14.6. The van der Waals surface area contributed by atoms with Crippen LogP contribution in [0.15, 0.2) is 84.1 Å². The second-order valence-corrected chi connectivity index (χ2v) is 8.21. The summed E-state index contributed by atoms with van der Waals surface area (Å²) < 4.78 is 13.4. The van der Waals surface area contributed by atoms with Crippen molar-refractivity contribution in [1.29, 1.82) is 0 Å². The van der Waals surface area contributed by atoms with Crippen LogP contribution >= 0.6 is 11.6 Å². The van der Waals surface area contributed by atoms with Gasteiger partial charge in [-0.25, -0.2) is 4.39 Å². The Bertz CT molecular complexity index is 1160. The fourth-order valence-electron chi connectivity index (χ4n) is 4.40. The van der Waals surface area contributed by atoms with Gasteiger partial charge in [0.05, 0.1) is 17.4 Å². The maximum Gasteiger partial charge on any atom is 0.163 e. The normalized spacial score (nSPS) is 20.5. The molecule has 150 valence electrons. The summed E-state index contributed by atoms with van der Waals surface area (Å²) in [7, 11) is 0. The molecule has 3 aromatic carbocycles. The summed E-state index contributed by atoms with van der Waals surface area (Å²) in [6.45, 7) is 0. The zero-order valence-corrected chi connectivity index (χ0v) is 16.9. The lowest BCUT2D eigenvalue weighted by molar-refractivity contribution is -0.116. The Balaban J connectivity index is 1.61. The van der Waals surface area contributed by atoms with Gasteiger partial charge in [0.25, 0.3) is 0 Å². The molecule has 1 aliphatic heterocycles. The van der Waals surface area contributed by atoms with Gasteiger partial charge in [0.2, 0.25) is 0 Å². The molecule has 3 nitrogen and oxygen atoms in total. The van der Waals surface area contributed by atoms with Crippen LogP contribution in [-0.2, 0) is 4.79 Å². The maximum absolute atomic E-state index is 13.4. The van der Waals surface area contributed by atoms with Gasteiger partial charge < -0.3 is 10.6 Å². The summed E-state index contributed by atoms with van der Waals surface area (Å²) in [6, 6.07) is 21.7. The minimum Gasteiger partial charge on any atom is -0.372 e. The molecule has 3 aromatic rings. The standard InChI is InChI=1S/C25H20ClFN2O/c26-18-5-3-4-16(12-18)25-24-22(28-20-6-1-2-7-21(20)29-25)13-17(14-23(24)30)15-8-10-19(27)11-9-15/h1-12,17,25,28-29H,13-14H2. The fourth-order valence-corrected chi connectivity index (χ4v) is 4.60. The predicted molar refractivity (Wildman–Crippen MR) is 118 cm³/mol. The SMILES string of the molecule is O=C1CC(c2ccc(F)cc2)CC2=C1C(c1cccc(Cl)c1)Nc1ccccc1N2. The Morgan fingerprint density at radius 1 is 0.867 bits per heavy atom. The number of nitrogens with one attached hydrogen (secondary N) is 2. The lowest BCUT2D eigenvalue weighted by Crippen LogP contribution is -2.26. The minimum atomic E-state index is -0.295. The molecule has 0 saturated carbocycles. The van der Waals surface area contributed by atoms with Crippen molar-refractivity contribution in [3.8, 4) is 0 Å². The van der Waals surface area contributed by atoms with Gasteiger partial charge in [0, 0.05) is 22.7 Å². The van der Waals surface area contributed by atoms with E-state index >= 15 is 0 Å². The second-order valence-electron chi connectivity index (χ2n) is 7.78. The van der Waals surface area contributed by atoms with Crippen molar-refractivity contribution in [2.24, 2.45) is 0 Å². The first-order valence-electron chi connectivity index (χ1n) is 9.98. The van der Waals surface area contributed by atoms with E-state index in [2.05, 4.69) is 10.6 Å². The molecule has 0 spiro atoms. The van der Waals surface area contributed by atoms with Crippen molar-refractivity contribution in [3.05, 3.63) is 106 Å². The zero-order valence-electron chi connectivity index (χ0n) is 16.2. The Labute approximate surface area is 179 Å². The van der Waals surface area contributed by atoms with Crippen molar-refractivity contribution < 1.29 is 9.18 Å². The third-order valence-electron chi connectivity index (χ3n) is 5.83. The minimum absolute atomic E-state index is 0.00891. The third-order valence-corrected chi connectivity index (χ3v) is 6.07. The number of halogens is 2. The maximum atomic E-state index is 13.4. The van der Waals surface area contributed by atoms with Crippen molar-refractivity contribution >= 4 is 28.8 Å². The summed E-state index contributed by atoms with van der Waals surface area (Å²) >= 11 is 6.26. The number of anilines is 2. The van der Waals surface area contributed by atoms with E-state index in [4.69, 9.17) is 11.6 Å². The lowest BCUT2D eigenvalue weighted by atomic mass is 9.78. The number of benzene rings is 3. The van der Waals surface area contributed by atoms with Crippen LogP contribution in [0.3, 0.4) is 0 Å². The molecule has 2 atom stereocenters. The number of fused-ring (bicyclic) bond motifs is 1. The Morgan fingerprint density at radius 2 is 1.63 bits per heavy atom. The quantitative estimate of drug-likeness (QED) is 0.501. The molecule has 2 unspecified atom stereocenters. The van der Waals surface area contributed by atoms with Crippen LogP contribution in [0, 0.1) is 5.82 Å². The van der Waals surface area contributed by atoms with Crippen molar-refractivity contribution in [3.63, 3.8) is 0 Å². The molecule has 0 fully saturated rings. The average molecular weight is 419 g/mol. The summed E-state index contributed by atoms with van der Waals surface area (Å²) in [5.74, 6) is -0.175. The molecular formula is C25H20ClFN2O. The predicted octanol–water partition coefficient (Wildman–Crippen LogP) is 6.46. The molecule has 5 heteroatoms. The highest BCUT2D eigenvalue weighted by Crippen LogP contribution is 2.44. The second kappa shape index (κ2) is 7.62. The Morgan fingerprint density at radius 3 is 2.40 bits per heavy atom. The number of carbonyl (C=O) groups excluding carboxylic acids is 1. The number of carbonyl (C=O) groups is 1. The van der Waals surface area contributed by atoms with Crippen LogP contribution in [-0.4, -0.2) is 5.78 Å². The van der Waals surface area contributed by atoms with Crippen LogP contribution in [0.2, 0.25) is 5.02 Å². The molecule has 1 heterocycles. The van der Waals surface area contributed by atoms with Crippen molar-refractivity contribution in [1.82, 2.24) is 0 Å². The van der Waals surface area contributed by atoms with Crippen LogP contribution in [0.5, 0.6) is 0 Å². The van der Waals surface area contributed by atoms with E-state index in [0.717, 1.165) is 33.8 Å². The van der Waals surface area contributed by atoms with Crippen LogP contribution < -0.4 is 10.6 Å². The molecule has 0 amide bonds. The van der Waals surface area contributed by atoms with Gasteiger partial charge >= 0.3 is 0 Å². The summed E-state index contributed by atoms with van der Waals surface area (Å²) in [5, 5.41) is 7.69. The molecule has 5 rings (SSSR count). The molecule has 0 aromatic heterocycles. The molecule has 0 saturated heterocycles. The highest BCUT2D eigenvalue weighted by molar-refractivity contribution is 6.30. The van der Waals surface area contributed by atoms with Gasteiger partial charge in [-0.2, -0.15) is 0 Å².